The van der Waals surface area contributed by atoms with Crippen LogP contribution in [0.4, 0.5) is 0 Å². The molecule has 0 aliphatic heterocycles. The van der Waals surface area contributed by atoms with Crippen molar-refractivity contribution < 1.29 is 4.42 Å². The maximum Gasteiger partial charge on any atom is 0.0934 e. The summed E-state index contributed by atoms with van der Waals surface area (Å²) in [7, 11) is 0. The van der Waals surface area contributed by atoms with E-state index in [1.165, 1.54) is 11.1 Å². The fourth-order valence-electron chi connectivity index (χ4n) is 2.31. The molecule has 1 atom stereocenters. The molecule has 0 fully saturated rings. The molecule has 0 aliphatic carbocycles. The third kappa shape index (κ3) is 4.92. The smallest absolute Gasteiger partial charge is 0.0934 e. The maximum atomic E-state index is 5.17. The van der Waals surface area contributed by atoms with Crippen molar-refractivity contribution in [3.63, 3.8) is 0 Å². The normalized spacial score (nSPS) is 12.8. The highest BCUT2D eigenvalue weighted by molar-refractivity contribution is 5.16. The molecule has 0 aliphatic rings. The fourth-order valence-corrected chi connectivity index (χ4v) is 2.31. The van der Waals surface area contributed by atoms with E-state index in [0.717, 1.165) is 19.4 Å². The van der Waals surface area contributed by atoms with Gasteiger partial charge in [0, 0.05) is 6.04 Å². The summed E-state index contributed by atoms with van der Waals surface area (Å²) in [5.41, 5.74) is 2.69. The molecule has 0 saturated heterocycles. The summed E-state index contributed by atoms with van der Waals surface area (Å²) < 4.78 is 5.17. The fraction of sp³-hybridized carbons (Fsp3) is 0.412. The Bertz CT molecular complexity index is 447. The van der Waals surface area contributed by atoms with Gasteiger partial charge in [0.05, 0.1) is 12.5 Å². The lowest BCUT2D eigenvalue weighted by Gasteiger charge is -2.19. The van der Waals surface area contributed by atoms with Crippen molar-refractivity contribution in [1.82, 2.24) is 5.32 Å². The van der Waals surface area contributed by atoms with Crippen LogP contribution in [0.5, 0.6) is 0 Å². The van der Waals surface area contributed by atoms with E-state index < -0.39 is 0 Å². The molecular weight excluding hydrogens is 234 g/mol. The molecule has 2 aromatic rings. The second-order valence-electron chi connectivity index (χ2n) is 5.45. The topological polar surface area (TPSA) is 25.2 Å². The lowest BCUT2D eigenvalue weighted by Crippen LogP contribution is -2.31. The van der Waals surface area contributed by atoms with Crippen LogP contribution in [-0.2, 0) is 12.8 Å². The molecule has 19 heavy (non-hydrogen) atoms. The Morgan fingerprint density at radius 3 is 2.37 bits per heavy atom. The largest absolute Gasteiger partial charge is 0.472 e. The van der Waals surface area contributed by atoms with Crippen LogP contribution in [0.2, 0.25) is 0 Å². The number of rotatable bonds is 7. The molecule has 0 amide bonds. The molecule has 1 N–H and O–H groups in total. The van der Waals surface area contributed by atoms with Crippen LogP contribution in [0, 0.1) is 5.92 Å². The summed E-state index contributed by atoms with van der Waals surface area (Å²) in [5, 5.41) is 3.55. The average molecular weight is 257 g/mol. The van der Waals surface area contributed by atoms with Gasteiger partial charge in [0.25, 0.3) is 0 Å². The Kier molecular flexibility index (Phi) is 5.22. The van der Waals surface area contributed by atoms with Crippen LogP contribution >= 0.6 is 0 Å². The van der Waals surface area contributed by atoms with E-state index >= 15 is 0 Å². The zero-order valence-corrected chi connectivity index (χ0v) is 11.8. The van der Waals surface area contributed by atoms with Crippen LogP contribution in [0.15, 0.2) is 53.3 Å². The van der Waals surface area contributed by atoms with Crippen molar-refractivity contribution in [2.24, 2.45) is 5.92 Å². The minimum absolute atomic E-state index is 0.530. The number of benzene rings is 1. The van der Waals surface area contributed by atoms with E-state index in [0.29, 0.717) is 12.0 Å². The van der Waals surface area contributed by atoms with Gasteiger partial charge in [0.15, 0.2) is 0 Å². The van der Waals surface area contributed by atoms with E-state index in [4.69, 9.17) is 4.42 Å². The Morgan fingerprint density at radius 2 is 1.74 bits per heavy atom. The first-order valence-electron chi connectivity index (χ1n) is 7.02. The Morgan fingerprint density at radius 1 is 1.00 bits per heavy atom. The van der Waals surface area contributed by atoms with Crippen LogP contribution in [0.25, 0.3) is 0 Å². The van der Waals surface area contributed by atoms with Crippen molar-refractivity contribution in [3.8, 4) is 0 Å². The molecule has 102 valence electrons. The van der Waals surface area contributed by atoms with Crippen molar-refractivity contribution >= 4 is 0 Å². The highest BCUT2D eigenvalue weighted by atomic mass is 16.3. The Hall–Kier alpha value is -1.54. The van der Waals surface area contributed by atoms with Crippen molar-refractivity contribution in [2.75, 3.05) is 6.54 Å². The third-order valence-electron chi connectivity index (χ3n) is 3.29. The van der Waals surface area contributed by atoms with E-state index in [-0.39, 0.29) is 0 Å². The van der Waals surface area contributed by atoms with Gasteiger partial charge in [0.2, 0.25) is 0 Å². The molecule has 0 bridgehead atoms. The summed E-state index contributed by atoms with van der Waals surface area (Å²) in [6.07, 6.45) is 5.77. The summed E-state index contributed by atoms with van der Waals surface area (Å²) >= 11 is 0. The maximum absolute atomic E-state index is 5.17. The van der Waals surface area contributed by atoms with Gasteiger partial charge >= 0.3 is 0 Å². The minimum Gasteiger partial charge on any atom is -0.472 e. The zero-order chi connectivity index (χ0) is 13.5. The third-order valence-corrected chi connectivity index (χ3v) is 3.29. The molecular formula is C17H23NO. The number of nitrogens with one attached hydrogen (secondary N) is 1. The van der Waals surface area contributed by atoms with Gasteiger partial charge < -0.3 is 9.73 Å². The van der Waals surface area contributed by atoms with Gasteiger partial charge in [-0.2, -0.15) is 0 Å². The summed E-state index contributed by atoms with van der Waals surface area (Å²) in [6, 6.07) is 13.3. The number of hydrogen-bond acceptors (Lipinski definition) is 2. The molecule has 1 aromatic carbocycles. The molecule has 1 aromatic heterocycles. The van der Waals surface area contributed by atoms with E-state index in [1.54, 1.807) is 6.26 Å². The van der Waals surface area contributed by atoms with Gasteiger partial charge in [-0.15, -0.1) is 0 Å². The number of furan rings is 1. The zero-order valence-electron chi connectivity index (χ0n) is 11.8. The molecule has 2 heteroatoms. The number of hydrogen-bond donors (Lipinski definition) is 1. The van der Waals surface area contributed by atoms with E-state index in [9.17, 15) is 0 Å². The quantitative estimate of drug-likeness (QED) is 0.818. The first kappa shape index (κ1) is 13.9. The van der Waals surface area contributed by atoms with Gasteiger partial charge in [-0.05, 0) is 42.5 Å². The van der Waals surface area contributed by atoms with Crippen LogP contribution < -0.4 is 5.32 Å². The summed E-state index contributed by atoms with van der Waals surface area (Å²) in [4.78, 5) is 0. The lowest BCUT2D eigenvalue weighted by atomic mass is 9.93. The first-order chi connectivity index (χ1) is 9.24. The van der Waals surface area contributed by atoms with Gasteiger partial charge in [-0.1, -0.05) is 44.2 Å². The average Bonchev–Trinajstić information content (AvgIpc) is 2.90. The second kappa shape index (κ2) is 7.15. The van der Waals surface area contributed by atoms with E-state index in [1.807, 2.05) is 6.26 Å². The second-order valence-corrected chi connectivity index (χ2v) is 5.45. The van der Waals surface area contributed by atoms with Gasteiger partial charge in [-0.25, -0.2) is 0 Å². The molecule has 2 rings (SSSR count). The first-order valence-corrected chi connectivity index (χ1v) is 7.02. The SMILES string of the molecule is CC(C)NCC(Cc1ccccc1)Cc1ccoc1. The summed E-state index contributed by atoms with van der Waals surface area (Å²) in [6.45, 7) is 5.42. The molecule has 0 saturated carbocycles. The predicted molar refractivity (Wildman–Crippen MR) is 79.2 cm³/mol. The van der Waals surface area contributed by atoms with Crippen LogP contribution in [0.3, 0.4) is 0 Å². The molecule has 1 heterocycles. The lowest BCUT2D eigenvalue weighted by molar-refractivity contribution is 0.442. The predicted octanol–water partition coefficient (Wildman–Crippen LogP) is 3.68. The van der Waals surface area contributed by atoms with Crippen molar-refractivity contribution in [3.05, 3.63) is 60.1 Å². The molecule has 2 nitrogen and oxygen atoms in total. The standard InChI is InChI=1S/C17H23NO/c1-14(2)18-12-17(11-16-8-9-19-13-16)10-15-6-4-3-5-7-15/h3-9,13-14,17-18H,10-12H2,1-2H3. The van der Waals surface area contributed by atoms with Gasteiger partial charge in [-0.3, -0.25) is 0 Å². The Balaban J connectivity index is 1.97. The van der Waals surface area contributed by atoms with Crippen LogP contribution in [-0.4, -0.2) is 12.6 Å². The Labute approximate surface area is 115 Å². The molecule has 0 spiro atoms. The van der Waals surface area contributed by atoms with E-state index in [2.05, 4.69) is 55.6 Å². The minimum atomic E-state index is 0.530. The summed E-state index contributed by atoms with van der Waals surface area (Å²) in [5.74, 6) is 0.599. The molecule has 1 unspecified atom stereocenters. The highest BCUT2D eigenvalue weighted by Crippen LogP contribution is 2.15. The van der Waals surface area contributed by atoms with Crippen molar-refractivity contribution in [1.29, 1.82) is 0 Å². The van der Waals surface area contributed by atoms with Crippen molar-refractivity contribution in [2.45, 2.75) is 32.7 Å². The monoisotopic (exact) mass is 257 g/mol. The highest BCUT2D eigenvalue weighted by Gasteiger charge is 2.12. The van der Waals surface area contributed by atoms with Gasteiger partial charge in [0.1, 0.15) is 0 Å². The molecule has 0 radical (unpaired) electrons. The van der Waals surface area contributed by atoms with Crippen LogP contribution in [0.1, 0.15) is 25.0 Å².